The quantitative estimate of drug-likeness (QED) is 0.783. The second kappa shape index (κ2) is 4.56. The zero-order valence-electron chi connectivity index (χ0n) is 10.6. The molecule has 0 saturated heterocycles. The largest absolute Gasteiger partial charge is 0.481 e. The number of nitrogens with one attached hydrogen (secondary N) is 1. The lowest BCUT2D eigenvalue weighted by atomic mass is 9.96. The number of carbonyl (C=O) groups is 2. The second-order valence-corrected chi connectivity index (χ2v) is 6.25. The van der Waals surface area contributed by atoms with Crippen LogP contribution in [-0.4, -0.2) is 23.0 Å². The molecule has 0 spiro atoms. The third-order valence-electron chi connectivity index (χ3n) is 4.69. The Kier molecular flexibility index (Phi) is 3.04. The number of aliphatic carboxylic acids is 1. The molecule has 0 unspecified atom stereocenters. The first-order chi connectivity index (χ1) is 8.65. The van der Waals surface area contributed by atoms with Gasteiger partial charge in [-0.2, -0.15) is 0 Å². The first-order valence-electron chi connectivity index (χ1n) is 7.18. The number of hydrogen-bond donors (Lipinski definition) is 2. The summed E-state index contributed by atoms with van der Waals surface area (Å²) in [5.74, 6) is 0.705. The summed E-state index contributed by atoms with van der Waals surface area (Å²) >= 11 is 0. The van der Waals surface area contributed by atoms with Crippen LogP contribution in [0.25, 0.3) is 0 Å². The van der Waals surface area contributed by atoms with Gasteiger partial charge in [0.2, 0.25) is 5.91 Å². The molecule has 0 aliphatic heterocycles. The van der Waals surface area contributed by atoms with Crippen LogP contribution in [0.2, 0.25) is 0 Å². The lowest BCUT2D eigenvalue weighted by Crippen LogP contribution is -2.39. The maximum atomic E-state index is 12.3. The van der Waals surface area contributed by atoms with Crippen molar-refractivity contribution in [1.29, 1.82) is 0 Å². The van der Waals surface area contributed by atoms with E-state index in [-0.39, 0.29) is 23.8 Å². The fraction of sp³-hybridized carbons (Fsp3) is 0.857. The predicted molar refractivity (Wildman–Crippen MR) is 65.8 cm³/mol. The van der Waals surface area contributed by atoms with E-state index >= 15 is 0 Å². The van der Waals surface area contributed by atoms with Crippen molar-refractivity contribution in [2.24, 2.45) is 23.7 Å². The molecule has 0 aromatic carbocycles. The molecule has 3 aliphatic rings. The van der Waals surface area contributed by atoms with Crippen molar-refractivity contribution in [3.63, 3.8) is 0 Å². The van der Waals surface area contributed by atoms with E-state index in [1.807, 2.05) is 0 Å². The fourth-order valence-corrected chi connectivity index (χ4v) is 3.36. The standard InChI is InChI=1S/C14H21NO3/c16-13(12(8-1-2-8)9-3-4-9)15-11-6-5-10(7-11)14(17)18/h8-12H,1-7H2,(H,15,16)(H,17,18)/t10-,11+/m1/s1. The molecule has 4 heteroatoms. The number of hydrogen-bond acceptors (Lipinski definition) is 2. The van der Waals surface area contributed by atoms with Crippen LogP contribution in [-0.2, 0) is 9.59 Å². The Morgan fingerprint density at radius 2 is 1.61 bits per heavy atom. The van der Waals surface area contributed by atoms with E-state index in [0.29, 0.717) is 24.7 Å². The molecule has 0 radical (unpaired) electrons. The minimum Gasteiger partial charge on any atom is -0.481 e. The average molecular weight is 251 g/mol. The second-order valence-electron chi connectivity index (χ2n) is 6.25. The fourth-order valence-electron chi connectivity index (χ4n) is 3.36. The highest BCUT2D eigenvalue weighted by molar-refractivity contribution is 5.80. The lowest BCUT2D eigenvalue weighted by Gasteiger charge is -2.19. The Hall–Kier alpha value is -1.06. The summed E-state index contributed by atoms with van der Waals surface area (Å²) in [5.41, 5.74) is 0. The van der Waals surface area contributed by atoms with E-state index in [2.05, 4.69) is 5.32 Å². The van der Waals surface area contributed by atoms with Crippen LogP contribution >= 0.6 is 0 Å². The molecular formula is C14H21NO3. The SMILES string of the molecule is O=C(N[C@H]1CC[C@@H](C(=O)O)C1)C(C1CC1)C1CC1. The van der Waals surface area contributed by atoms with Crippen molar-refractivity contribution in [1.82, 2.24) is 5.32 Å². The molecule has 3 rings (SSSR count). The number of carboxylic acid groups (broad SMARTS) is 1. The summed E-state index contributed by atoms with van der Waals surface area (Å²) in [6.45, 7) is 0. The Morgan fingerprint density at radius 3 is 2.06 bits per heavy atom. The van der Waals surface area contributed by atoms with Gasteiger partial charge in [0.25, 0.3) is 0 Å². The van der Waals surface area contributed by atoms with E-state index in [0.717, 1.165) is 6.42 Å². The Labute approximate surface area is 107 Å². The van der Waals surface area contributed by atoms with Crippen LogP contribution in [0, 0.1) is 23.7 Å². The Bertz CT molecular complexity index is 348. The van der Waals surface area contributed by atoms with Crippen molar-refractivity contribution >= 4 is 11.9 Å². The Balaban J connectivity index is 1.53. The normalized spacial score (nSPS) is 31.6. The first kappa shape index (κ1) is 12.0. The zero-order chi connectivity index (χ0) is 12.7. The van der Waals surface area contributed by atoms with E-state index in [1.54, 1.807) is 0 Å². The van der Waals surface area contributed by atoms with Crippen LogP contribution in [0.3, 0.4) is 0 Å². The molecule has 3 fully saturated rings. The lowest BCUT2D eigenvalue weighted by molar-refractivity contribution is -0.141. The van der Waals surface area contributed by atoms with Crippen LogP contribution < -0.4 is 5.32 Å². The van der Waals surface area contributed by atoms with Crippen molar-refractivity contribution < 1.29 is 14.7 Å². The van der Waals surface area contributed by atoms with Crippen molar-refractivity contribution in [3.8, 4) is 0 Å². The van der Waals surface area contributed by atoms with E-state index in [4.69, 9.17) is 5.11 Å². The molecule has 2 N–H and O–H groups in total. The summed E-state index contributed by atoms with van der Waals surface area (Å²) in [5, 5.41) is 12.1. The maximum absolute atomic E-state index is 12.3. The summed E-state index contributed by atoms with van der Waals surface area (Å²) in [7, 11) is 0. The van der Waals surface area contributed by atoms with Gasteiger partial charge in [-0.3, -0.25) is 9.59 Å². The van der Waals surface area contributed by atoms with Crippen LogP contribution in [0.4, 0.5) is 0 Å². The highest BCUT2D eigenvalue weighted by Crippen LogP contribution is 2.49. The molecular weight excluding hydrogens is 230 g/mol. The summed E-state index contributed by atoms with van der Waals surface area (Å²) in [6.07, 6.45) is 6.97. The maximum Gasteiger partial charge on any atom is 0.306 e. The highest BCUT2D eigenvalue weighted by Gasteiger charge is 2.46. The van der Waals surface area contributed by atoms with Gasteiger partial charge in [-0.15, -0.1) is 0 Å². The molecule has 3 aliphatic carbocycles. The van der Waals surface area contributed by atoms with E-state index in [1.165, 1.54) is 25.7 Å². The molecule has 4 nitrogen and oxygen atoms in total. The van der Waals surface area contributed by atoms with Gasteiger partial charge in [0, 0.05) is 12.0 Å². The topological polar surface area (TPSA) is 66.4 Å². The molecule has 0 aromatic heterocycles. The van der Waals surface area contributed by atoms with Crippen molar-refractivity contribution in [2.75, 3.05) is 0 Å². The molecule has 2 atom stereocenters. The molecule has 0 bridgehead atoms. The van der Waals surface area contributed by atoms with Gasteiger partial charge in [0.1, 0.15) is 0 Å². The molecule has 0 aromatic rings. The van der Waals surface area contributed by atoms with Gasteiger partial charge < -0.3 is 10.4 Å². The highest BCUT2D eigenvalue weighted by atomic mass is 16.4. The summed E-state index contributed by atoms with van der Waals surface area (Å²) < 4.78 is 0. The first-order valence-corrected chi connectivity index (χ1v) is 7.18. The summed E-state index contributed by atoms with van der Waals surface area (Å²) in [4.78, 5) is 23.2. The number of amides is 1. The van der Waals surface area contributed by atoms with Gasteiger partial charge in [-0.05, 0) is 56.8 Å². The zero-order valence-corrected chi connectivity index (χ0v) is 10.6. The van der Waals surface area contributed by atoms with Crippen molar-refractivity contribution in [3.05, 3.63) is 0 Å². The molecule has 0 heterocycles. The van der Waals surface area contributed by atoms with Crippen molar-refractivity contribution in [2.45, 2.75) is 51.0 Å². The third kappa shape index (κ3) is 2.52. The van der Waals surface area contributed by atoms with E-state index < -0.39 is 5.97 Å². The minimum atomic E-state index is -0.715. The monoisotopic (exact) mass is 251 g/mol. The predicted octanol–water partition coefficient (Wildman–Crippen LogP) is 1.79. The molecule has 1 amide bonds. The summed E-state index contributed by atoms with van der Waals surface area (Å²) in [6, 6.07) is 0.0959. The van der Waals surface area contributed by atoms with Gasteiger partial charge in [0.05, 0.1) is 5.92 Å². The van der Waals surface area contributed by atoms with E-state index in [9.17, 15) is 9.59 Å². The smallest absolute Gasteiger partial charge is 0.306 e. The van der Waals surface area contributed by atoms with Crippen LogP contribution in [0.5, 0.6) is 0 Å². The number of carbonyl (C=O) groups excluding carboxylic acids is 1. The molecule has 3 saturated carbocycles. The Morgan fingerprint density at radius 1 is 1.00 bits per heavy atom. The van der Waals surface area contributed by atoms with Gasteiger partial charge in [0.15, 0.2) is 0 Å². The van der Waals surface area contributed by atoms with Gasteiger partial charge in [-0.25, -0.2) is 0 Å². The molecule has 18 heavy (non-hydrogen) atoms. The van der Waals surface area contributed by atoms with Crippen LogP contribution in [0.1, 0.15) is 44.9 Å². The number of carboxylic acids is 1. The van der Waals surface area contributed by atoms with Gasteiger partial charge in [-0.1, -0.05) is 0 Å². The molecule has 100 valence electrons. The van der Waals surface area contributed by atoms with Crippen LogP contribution in [0.15, 0.2) is 0 Å². The third-order valence-corrected chi connectivity index (χ3v) is 4.69. The average Bonchev–Trinajstić information content (AvgIpc) is 3.22. The number of rotatable bonds is 5. The minimum absolute atomic E-state index is 0.0959. The van der Waals surface area contributed by atoms with Gasteiger partial charge >= 0.3 is 5.97 Å².